The number of carbonyl (C=O) groups is 2. The van der Waals surface area contributed by atoms with Crippen molar-refractivity contribution in [3.8, 4) is 0 Å². The van der Waals surface area contributed by atoms with Crippen LogP contribution in [0.25, 0.3) is 0 Å². The first-order valence-corrected chi connectivity index (χ1v) is 6.98. The number of amides is 1. The van der Waals surface area contributed by atoms with Gasteiger partial charge in [0, 0.05) is 31.8 Å². The van der Waals surface area contributed by atoms with Crippen LogP contribution in [0.2, 0.25) is 0 Å². The van der Waals surface area contributed by atoms with E-state index in [0.717, 1.165) is 18.7 Å². The minimum absolute atomic E-state index is 0.0395. The zero-order valence-electron chi connectivity index (χ0n) is 11.7. The molecule has 5 heteroatoms. The third-order valence-electron chi connectivity index (χ3n) is 3.93. The lowest BCUT2D eigenvalue weighted by Gasteiger charge is -2.32. The average molecular weight is 266 g/mol. The summed E-state index contributed by atoms with van der Waals surface area (Å²) in [6.07, 6.45) is 1.43. The molecule has 5 nitrogen and oxygen atoms in total. The summed E-state index contributed by atoms with van der Waals surface area (Å²) in [5.41, 5.74) is 2.07. The van der Waals surface area contributed by atoms with Gasteiger partial charge in [-0.3, -0.25) is 9.59 Å². The van der Waals surface area contributed by atoms with Crippen LogP contribution in [-0.2, 0) is 14.3 Å². The molecule has 2 saturated heterocycles. The van der Waals surface area contributed by atoms with Crippen molar-refractivity contribution in [3.05, 3.63) is 11.1 Å². The van der Waals surface area contributed by atoms with Crippen molar-refractivity contribution in [1.82, 2.24) is 10.2 Å². The monoisotopic (exact) mass is 266 g/mol. The fraction of sp³-hybridized carbons (Fsp3) is 0.714. The van der Waals surface area contributed by atoms with Gasteiger partial charge in [-0.25, -0.2) is 0 Å². The second-order valence-corrected chi connectivity index (χ2v) is 5.15. The number of hydrogen-bond donors (Lipinski definition) is 1. The molecule has 0 aromatic carbocycles. The molecule has 0 aromatic rings. The number of ether oxygens (including phenoxy) is 1. The lowest BCUT2D eigenvalue weighted by atomic mass is 9.95. The fourth-order valence-electron chi connectivity index (χ4n) is 2.48. The molecule has 2 aliphatic rings. The molecular weight excluding hydrogens is 244 g/mol. The summed E-state index contributed by atoms with van der Waals surface area (Å²) in [7, 11) is 0. The molecule has 0 saturated carbocycles. The molecule has 0 bridgehead atoms. The van der Waals surface area contributed by atoms with Crippen LogP contribution in [-0.4, -0.2) is 49.6 Å². The molecule has 106 valence electrons. The summed E-state index contributed by atoms with van der Waals surface area (Å²) >= 11 is 0. The number of nitrogens with one attached hydrogen (secondary N) is 1. The molecule has 2 aliphatic heterocycles. The molecule has 0 radical (unpaired) electrons. The van der Waals surface area contributed by atoms with E-state index in [0.29, 0.717) is 32.5 Å². The standard InChI is InChI=1S/C14H22N2O3/c1-3-19-14(18)11-4-6-16(7-5-11)13(17)10(2)12-8-15-9-12/h11,15H,3-9H2,1-2H3. The quantitative estimate of drug-likeness (QED) is 0.604. The summed E-state index contributed by atoms with van der Waals surface area (Å²) < 4.78 is 5.03. The third-order valence-corrected chi connectivity index (χ3v) is 3.93. The smallest absolute Gasteiger partial charge is 0.309 e. The van der Waals surface area contributed by atoms with Gasteiger partial charge in [-0.05, 0) is 32.3 Å². The van der Waals surface area contributed by atoms with Crippen molar-refractivity contribution < 1.29 is 14.3 Å². The number of carbonyl (C=O) groups excluding carboxylic acids is 2. The van der Waals surface area contributed by atoms with E-state index in [1.54, 1.807) is 0 Å². The van der Waals surface area contributed by atoms with Gasteiger partial charge in [0.25, 0.3) is 0 Å². The number of esters is 1. The van der Waals surface area contributed by atoms with Gasteiger partial charge in [0.15, 0.2) is 0 Å². The Morgan fingerprint density at radius 2 is 1.95 bits per heavy atom. The molecule has 2 heterocycles. The Bertz CT molecular complexity index is 389. The fourth-order valence-corrected chi connectivity index (χ4v) is 2.48. The van der Waals surface area contributed by atoms with Crippen LogP contribution in [0.1, 0.15) is 26.7 Å². The highest BCUT2D eigenvalue weighted by molar-refractivity contribution is 5.94. The Kier molecular flexibility index (Phi) is 4.58. The maximum absolute atomic E-state index is 12.3. The average Bonchev–Trinajstić information content (AvgIpc) is 2.36. The van der Waals surface area contributed by atoms with Gasteiger partial charge < -0.3 is 15.0 Å². The predicted molar refractivity (Wildman–Crippen MR) is 71.5 cm³/mol. The molecule has 0 aliphatic carbocycles. The van der Waals surface area contributed by atoms with E-state index >= 15 is 0 Å². The second-order valence-electron chi connectivity index (χ2n) is 5.15. The Morgan fingerprint density at radius 3 is 2.42 bits per heavy atom. The predicted octanol–water partition coefficient (Wildman–Crippen LogP) is 0.708. The van der Waals surface area contributed by atoms with Gasteiger partial charge in [-0.15, -0.1) is 0 Å². The highest BCUT2D eigenvalue weighted by atomic mass is 16.5. The summed E-state index contributed by atoms with van der Waals surface area (Å²) in [4.78, 5) is 25.7. The molecule has 2 rings (SSSR count). The molecular formula is C14H22N2O3. The number of piperidine rings is 1. The van der Waals surface area contributed by atoms with Crippen LogP contribution >= 0.6 is 0 Å². The van der Waals surface area contributed by atoms with Crippen LogP contribution in [0.4, 0.5) is 0 Å². The third kappa shape index (κ3) is 3.15. The maximum Gasteiger partial charge on any atom is 0.309 e. The van der Waals surface area contributed by atoms with Crippen molar-refractivity contribution >= 4 is 11.9 Å². The number of likely N-dealkylation sites (tertiary alicyclic amines) is 1. The molecule has 1 amide bonds. The Hall–Kier alpha value is -1.36. The number of hydrogen-bond acceptors (Lipinski definition) is 4. The van der Waals surface area contributed by atoms with Crippen molar-refractivity contribution in [2.45, 2.75) is 26.7 Å². The molecule has 19 heavy (non-hydrogen) atoms. The van der Waals surface area contributed by atoms with Gasteiger partial charge in [0.05, 0.1) is 12.5 Å². The molecule has 0 unspecified atom stereocenters. The first-order chi connectivity index (χ1) is 9.13. The summed E-state index contributed by atoms with van der Waals surface area (Å²) in [6, 6.07) is 0. The zero-order valence-corrected chi connectivity index (χ0v) is 11.7. The van der Waals surface area contributed by atoms with Crippen molar-refractivity contribution in [1.29, 1.82) is 0 Å². The topological polar surface area (TPSA) is 58.6 Å². The first-order valence-electron chi connectivity index (χ1n) is 6.98. The van der Waals surface area contributed by atoms with E-state index in [9.17, 15) is 9.59 Å². The van der Waals surface area contributed by atoms with E-state index < -0.39 is 0 Å². The van der Waals surface area contributed by atoms with Crippen LogP contribution in [0.15, 0.2) is 11.1 Å². The van der Waals surface area contributed by atoms with Crippen LogP contribution in [0, 0.1) is 5.92 Å². The number of nitrogens with zero attached hydrogens (tertiary/aromatic N) is 1. The van der Waals surface area contributed by atoms with E-state index in [1.807, 2.05) is 18.7 Å². The molecule has 1 N–H and O–H groups in total. The first kappa shape index (κ1) is 14.1. The zero-order chi connectivity index (χ0) is 13.8. The Morgan fingerprint density at radius 1 is 1.32 bits per heavy atom. The minimum Gasteiger partial charge on any atom is -0.466 e. The summed E-state index contributed by atoms with van der Waals surface area (Å²) in [5, 5.41) is 3.15. The highest BCUT2D eigenvalue weighted by Gasteiger charge is 2.29. The van der Waals surface area contributed by atoms with Crippen LogP contribution in [0.3, 0.4) is 0 Å². The van der Waals surface area contributed by atoms with Crippen molar-refractivity contribution in [3.63, 3.8) is 0 Å². The van der Waals surface area contributed by atoms with Crippen LogP contribution < -0.4 is 5.32 Å². The molecule has 0 aromatic heterocycles. The summed E-state index contributed by atoms with van der Waals surface area (Å²) in [6.45, 7) is 7.11. The molecule has 0 spiro atoms. The van der Waals surface area contributed by atoms with Gasteiger partial charge in [0.2, 0.25) is 5.91 Å². The van der Waals surface area contributed by atoms with Gasteiger partial charge >= 0.3 is 5.97 Å². The Labute approximate surface area is 114 Å². The lowest BCUT2D eigenvalue weighted by Crippen LogP contribution is -2.43. The van der Waals surface area contributed by atoms with Crippen LogP contribution in [0.5, 0.6) is 0 Å². The van der Waals surface area contributed by atoms with Gasteiger partial charge in [-0.2, -0.15) is 0 Å². The normalized spacial score (nSPS) is 19.9. The lowest BCUT2D eigenvalue weighted by molar-refractivity contribution is -0.150. The van der Waals surface area contributed by atoms with E-state index in [1.165, 1.54) is 5.57 Å². The molecule has 2 fully saturated rings. The summed E-state index contributed by atoms with van der Waals surface area (Å²) in [5.74, 6) is -0.0333. The Balaban J connectivity index is 1.86. The van der Waals surface area contributed by atoms with Gasteiger partial charge in [-0.1, -0.05) is 0 Å². The molecule has 0 atom stereocenters. The van der Waals surface area contributed by atoms with E-state index in [-0.39, 0.29) is 17.8 Å². The minimum atomic E-state index is -0.118. The van der Waals surface area contributed by atoms with Crippen molar-refractivity contribution in [2.75, 3.05) is 32.8 Å². The highest BCUT2D eigenvalue weighted by Crippen LogP contribution is 2.21. The van der Waals surface area contributed by atoms with Gasteiger partial charge in [0.1, 0.15) is 0 Å². The largest absolute Gasteiger partial charge is 0.466 e. The maximum atomic E-state index is 12.3. The number of rotatable bonds is 3. The second kappa shape index (κ2) is 6.19. The van der Waals surface area contributed by atoms with E-state index in [2.05, 4.69) is 5.32 Å². The van der Waals surface area contributed by atoms with E-state index in [4.69, 9.17) is 4.74 Å². The SMILES string of the molecule is CCOC(=O)C1CCN(C(=O)C(C)=C2CNC2)CC1. The van der Waals surface area contributed by atoms with Crippen molar-refractivity contribution in [2.24, 2.45) is 5.92 Å².